The van der Waals surface area contributed by atoms with Crippen LogP contribution in [0.15, 0.2) is 71.7 Å². The van der Waals surface area contributed by atoms with E-state index in [9.17, 15) is 4.79 Å². The number of hydrogen-bond acceptors (Lipinski definition) is 4. The van der Waals surface area contributed by atoms with Crippen molar-refractivity contribution in [3.63, 3.8) is 0 Å². The zero-order valence-electron chi connectivity index (χ0n) is 16.7. The van der Waals surface area contributed by atoms with E-state index < -0.39 is 0 Å². The normalized spacial score (nSPS) is 20.9. The Labute approximate surface area is 179 Å². The molecule has 6 rings (SSSR count). The van der Waals surface area contributed by atoms with E-state index >= 15 is 0 Å². The molecule has 0 amide bonds. The first kappa shape index (κ1) is 18.0. The van der Waals surface area contributed by atoms with E-state index in [0.29, 0.717) is 11.8 Å². The SMILES string of the molecule is O=c1c(-c2cc3ccccc3s2)ccc2n1C[C@H]1C[C@@H]2CN(Cc2ccccn2)C1. The van der Waals surface area contributed by atoms with Crippen LogP contribution in [-0.4, -0.2) is 27.5 Å². The third kappa shape index (κ3) is 3.09. The Bertz CT molecular complexity index is 1240. The highest BCUT2D eigenvalue weighted by Gasteiger charge is 2.35. The maximum Gasteiger partial charge on any atom is 0.259 e. The molecule has 4 nitrogen and oxygen atoms in total. The zero-order chi connectivity index (χ0) is 20.1. The van der Waals surface area contributed by atoms with Gasteiger partial charge < -0.3 is 4.57 Å². The van der Waals surface area contributed by atoms with Gasteiger partial charge in [0.25, 0.3) is 5.56 Å². The number of pyridine rings is 2. The summed E-state index contributed by atoms with van der Waals surface area (Å²) in [6.07, 6.45) is 3.05. The van der Waals surface area contributed by atoms with E-state index in [4.69, 9.17) is 0 Å². The van der Waals surface area contributed by atoms with Gasteiger partial charge in [0.2, 0.25) is 0 Å². The Balaban J connectivity index is 1.32. The lowest BCUT2D eigenvalue weighted by Crippen LogP contribution is -2.47. The molecule has 0 unspecified atom stereocenters. The van der Waals surface area contributed by atoms with Gasteiger partial charge in [0.1, 0.15) is 0 Å². The molecule has 1 aromatic carbocycles. The first-order valence-corrected chi connectivity index (χ1v) is 11.4. The molecule has 2 bridgehead atoms. The van der Waals surface area contributed by atoms with Gasteiger partial charge in [-0.25, -0.2) is 0 Å². The predicted octanol–water partition coefficient (Wildman–Crippen LogP) is 4.74. The smallest absolute Gasteiger partial charge is 0.259 e. The molecule has 3 aromatic heterocycles. The van der Waals surface area contributed by atoms with Crippen molar-refractivity contribution >= 4 is 21.4 Å². The fourth-order valence-corrected chi connectivity index (χ4v) is 6.28. The molecule has 0 saturated carbocycles. The number of likely N-dealkylation sites (tertiary alicyclic amines) is 1. The standard InChI is InChI=1S/C25H23N3OS/c29-25-21(24-12-18-5-1-2-7-23(18)30-24)8-9-22-19-11-17(14-28(22)25)13-27(15-19)16-20-6-3-4-10-26-20/h1-10,12,17,19H,11,13-16H2/t17-,19+/m0/s1. The van der Waals surface area contributed by atoms with E-state index in [-0.39, 0.29) is 5.56 Å². The highest BCUT2D eigenvalue weighted by molar-refractivity contribution is 7.22. The van der Waals surface area contributed by atoms with Crippen LogP contribution in [-0.2, 0) is 13.1 Å². The van der Waals surface area contributed by atoms with Gasteiger partial charge in [0, 0.05) is 53.6 Å². The summed E-state index contributed by atoms with van der Waals surface area (Å²) in [6.45, 7) is 3.74. The lowest BCUT2D eigenvalue weighted by Gasteiger charge is -2.42. The van der Waals surface area contributed by atoms with Crippen LogP contribution in [0.4, 0.5) is 0 Å². The number of benzene rings is 1. The lowest BCUT2D eigenvalue weighted by atomic mass is 9.83. The van der Waals surface area contributed by atoms with Crippen molar-refractivity contribution in [2.24, 2.45) is 5.92 Å². The van der Waals surface area contributed by atoms with Gasteiger partial charge in [-0.1, -0.05) is 24.3 Å². The van der Waals surface area contributed by atoms with Crippen LogP contribution in [0.25, 0.3) is 20.5 Å². The molecule has 0 radical (unpaired) electrons. The molecule has 1 fully saturated rings. The minimum Gasteiger partial charge on any atom is -0.311 e. The van der Waals surface area contributed by atoms with E-state index in [0.717, 1.165) is 42.3 Å². The van der Waals surface area contributed by atoms with Gasteiger partial charge in [-0.3, -0.25) is 14.7 Å². The van der Waals surface area contributed by atoms with Crippen molar-refractivity contribution in [1.82, 2.24) is 14.5 Å². The molecular formula is C25H23N3OS. The van der Waals surface area contributed by atoms with Crippen LogP contribution in [0.1, 0.15) is 23.7 Å². The third-order valence-electron chi connectivity index (χ3n) is 6.48. The fraction of sp³-hybridized carbons (Fsp3) is 0.280. The predicted molar refractivity (Wildman–Crippen MR) is 122 cm³/mol. The Hall–Kier alpha value is -2.76. The first-order valence-electron chi connectivity index (χ1n) is 10.6. The van der Waals surface area contributed by atoms with Crippen molar-refractivity contribution in [3.8, 4) is 10.4 Å². The van der Waals surface area contributed by atoms with Gasteiger partial charge >= 0.3 is 0 Å². The molecule has 2 atom stereocenters. The average molecular weight is 414 g/mol. The van der Waals surface area contributed by atoms with Crippen LogP contribution >= 0.6 is 11.3 Å². The maximum absolute atomic E-state index is 13.4. The second-order valence-electron chi connectivity index (χ2n) is 8.55. The maximum atomic E-state index is 13.4. The summed E-state index contributed by atoms with van der Waals surface area (Å²) in [5.74, 6) is 0.945. The van der Waals surface area contributed by atoms with Crippen molar-refractivity contribution < 1.29 is 0 Å². The number of fused-ring (bicyclic) bond motifs is 5. The molecule has 0 N–H and O–H groups in total. The summed E-state index contributed by atoms with van der Waals surface area (Å²) >= 11 is 1.71. The van der Waals surface area contributed by atoms with Crippen LogP contribution in [0.5, 0.6) is 0 Å². The number of nitrogens with zero attached hydrogens (tertiary/aromatic N) is 3. The lowest BCUT2D eigenvalue weighted by molar-refractivity contribution is 0.113. The monoisotopic (exact) mass is 413 g/mol. The van der Waals surface area contributed by atoms with Crippen LogP contribution < -0.4 is 5.56 Å². The molecule has 5 heteroatoms. The number of piperidine rings is 1. The molecular weight excluding hydrogens is 390 g/mol. The molecule has 150 valence electrons. The van der Waals surface area contributed by atoms with E-state index in [1.165, 1.54) is 22.2 Å². The summed E-state index contributed by atoms with van der Waals surface area (Å²) in [7, 11) is 0. The summed E-state index contributed by atoms with van der Waals surface area (Å²) in [4.78, 5) is 21.5. The second kappa shape index (κ2) is 7.18. The summed E-state index contributed by atoms with van der Waals surface area (Å²) in [6, 6.07) is 20.9. The van der Waals surface area contributed by atoms with Crippen molar-refractivity contribution in [2.75, 3.05) is 13.1 Å². The van der Waals surface area contributed by atoms with Gasteiger partial charge in [0.15, 0.2) is 0 Å². The number of rotatable bonds is 3. The van der Waals surface area contributed by atoms with E-state index in [2.05, 4.69) is 69.0 Å². The molecule has 2 aliphatic rings. The third-order valence-corrected chi connectivity index (χ3v) is 7.63. The number of aromatic nitrogens is 2. The van der Waals surface area contributed by atoms with Gasteiger partial charge in [-0.05, 0) is 54.1 Å². The van der Waals surface area contributed by atoms with Crippen molar-refractivity contribution in [3.05, 3.63) is 88.6 Å². The Morgan fingerprint density at radius 2 is 1.90 bits per heavy atom. The minimum atomic E-state index is 0.173. The quantitative estimate of drug-likeness (QED) is 0.487. The van der Waals surface area contributed by atoms with Gasteiger partial charge in [0.05, 0.1) is 11.3 Å². The van der Waals surface area contributed by atoms with E-state index in [1.54, 1.807) is 11.3 Å². The largest absolute Gasteiger partial charge is 0.311 e. The Morgan fingerprint density at radius 1 is 1.00 bits per heavy atom. The summed E-state index contributed by atoms with van der Waals surface area (Å²) in [5, 5.41) is 1.21. The fourth-order valence-electron chi connectivity index (χ4n) is 5.20. The topological polar surface area (TPSA) is 38.1 Å². The molecule has 4 aromatic rings. The van der Waals surface area contributed by atoms with Crippen molar-refractivity contribution in [2.45, 2.75) is 25.4 Å². The minimum absolute atomic E-state index is 0.173. The van der Waals surface area contributed by atoms with Gasteiger partial charge in [-0.15, -0.1) is 11.3 Å². The number of thiophene rings is 1. The van der Waals surface area contributed by atoms with Crippen molar-refractivity contribution in [1.29, 1.82) is 0 Å². The number of hydrogen-bond donors (Lipinski definition) is 0. The molecule has 0 spiro atoms. The second-order valence-corrected chi connectivity index (χ2v) is 9.63. The molecule has 30 heavy (non-hydrogen) atoms. The molecule has 5 heterocycles. The van der Waals surface area contributed by atoms with Crippen LogP contribution in [0.3, 0.4) is 0 Å². The highest BCUT2D eigenvalue weighted by atomic mass is 32.1. The molecule has 1 saturated heterocycles. The highest BCUT2D eigenvalue weighted by Crippen LogP contribution is 2.37. The molecule has 0 aliphatic carbocycles. The summed E-state index contributed by atoms with van der Waals surface area (Å²) < 4.78 is 3.30. The molecule has 2 aliphatic heterocycles. The van der Waals surface area contributed by atoms with Crippen LogP contribution in [0, 0.1) is 5.92 Å². The Kier molecular flexibility index (Phi) is 4.32. The van der Waals surface area contributed by atoms with E-state index in [1.807, 2.05) is 12.3 Å². The first-order chi connectivity index (χ1) is 14.7. The zero-order valence-corrected chi connectivity index (χ0v) is 17.5. The Morgan fingerprint density at radius 3 is 2.77 bits per heavy atom. The average Bonchev–Trinajstić information content (AvgIpc) is 3.19. The van der Waals surface area contributed by atoms with Gasteiger partial charge in [-0.2, -0.15) is 0 Å². The van der Waals surface area contributed by atoms with Crippen LogP contribution in [0.2, 0.25) is 0 Å². The summed E-state index contributed by atoms with van der Waals surface area (Å²) in [5.41, 5.74) is 3.33.